The second-order valence-electron chi connectivity index (χ2n) is 4.94. The molecule has 0 aliphatic rings. The molecule has 0 aliphatic carbocycles. The van der Waals surface area contributed by atoms with Gasteiger partial charge < -0.3 is 10.3 Å². The average molecular weight is 230 g/mol. The summed E-state index contributed by atoms with van der Waals surface area (Å²) in [5.41, 5.74) is 1.53. The fraction of sp³-hybridized carbons (Fsp3) is 0.357. The van der Waals surface area contributed by atoms with Crippen LogP contribution in [0.15, 0.2) is 30.5 Å². The van der Waals surface area contributed by atoms with Crippen molar-refractivity contribution in [2.75, 3.05) is 0 Å². The first kappa shape index (κ1) is 11.7. The van der Waals surface area contributed by atoms with E-state index in [9.17, 15) is 4.79 Å². The van der Waals surface area contributed by atoms with Gasteiger partial charge in [-0.15, -0.1) is 0 Å². The normalized spacial score (nSPS) is 11.7. The largest absolute Gasteiger partial charge is 0.360 e. The summed E-state index contributed by atoms with van der Waals surface area (Å²) in [4.78, 5) is 15.3. The standard InChI is InChI=1S/C14H18N2O/c1-4-14(2,3)16-13(17)11-9-15-12-8-6-5-7-10(11)12/h5-9,15H,4H2,1-3H3,(H,16,17). The number of carbonyl (C=O) groups is 1. The summed E-state index contributed by atoms with van der Waals surface area (Å²) in [5, 5.41) is 4.01. The third-order valence-electron chi connectivity index (χ3n) is 3.17. The van der Waals surface area contributed by atoms with E-state index in [1.54, 1.807) is 6.20 Å². The lowest BCUT2D eigenvalue weighted by Gasteiger charge is -2.24. The van der Waals surface area contributed by atoms with Crippen molar-refractivity contribution in [3.05, 3.63) is 36.0 Å². The van der Waals surface area contributed by atoms with Crippen LogP contribution in [0, 0.1) is 0 Å². The molecule has 1 aromatic heterocycles. The highest BCUT2D eigenvalue weighted by Gasteiger charge is 2.20. The Bertz CT molecular complexity index is 540. The zero-order valence-electron chi connectivity index (χ0n) is 10.5. The first-order chi connectivity index (χ1) is 8.03. The Balaban J connectivity index is 2.31. The summed E-state index contributed by atoms with van der Waals surface area (Å²) in [6.45, 7) is 6.12. The molecule has 1 heterocycles. The van der Waals surface area contributed by atoms with Gasteiger partial charge in [-0.25, -0.2) is 0 Å². The van der Waals surface area contributed by atoms with Crippen LogP contribution in [0.4, 0.5) is 0 Å². The average Bonchev–Trinajstić information content (AvgIpc) is 2.72. The fourth-order valence-electron chi connectivity index (χ4n) is 1.72. The monoisotopic (exact) mass is 230 g/mol. The van der Waals surface area contributed by atoms with Gasteiger partial charge in [-0.05, 0) is 26.3 Å². The molecule has 0 aliphatic heterocycles. The molecule has 90 valence electrons. The molecule has 0 atom stereocenters. The lowest BCUT2D eigenvalue weighted by Crippen LogP contribution is -2.42. The number of H-pyrrole nitrogens is 1. The van der Waals surface area contributed by atoms with Crippen molar-refractivity contribution >= 4 is 16.8 Å². The third kappa shape index (κ3) is 2.33. The van der Waals surface area contributed by atoms with E-state index >= 15 is 0 Å². The zero-order chi connectivity index (χ0) is 12.5. The van der Waals surface area contributed by atoms with Gasteiger partial charge in [0.05, 0.1) is 5.56 Å². The number of benzene rings is 1. The van der Waals surface area contributed by atoms with E-state index in [1.807, 2.05) is 38.1 Å². The topological polar surface area (TPSA) is 44.9 Å². The summed E-state index contributed by atoms with van der Waals surface area (Å²) in [7, 11) is 0. The first-order valence-corrected chi connectivity index (χ1v) is 5.92. The number of hydrogen-bond acceptors (Lipinski definition) is 1. The van der Waals surface area contributed by atoms with Crippen LogP contribution >= 0.6 is 0 Å². The molecular formula is C14H18N2O. The number of amides is 1. The van der Waals surface area contributed by atoms with Gasteiger partial charge in [-0.1, -0.05) is 25.1 Å². The van der Waals surface area contributed by atoms with Crippen molar-refractivity contribution in [3.63, 3.8) is 0 Å². The number of aromatic amines is 1. The van der Waals surface area contributed by atoms with Crippen LogP contribution in [-0.4, -0.2) is 16.4 Å². The predicted molar refractivity (Wildman–Crippen MR) is 70.1 cm³/mol. The third-order valence-corrected chi connectivity index (χ3v) is 3.17. The fourth-order valence-corrected chi connectivity index (χ4v) is 1.72. The molecule has 0 fully saturated rings. The lowest BCUT2D eigenvalue weighted by atomic mass is 10.0. The molecule has 2 rings (SSSR count). The van der Waals surface area contributed by atoms with E-state index in [1.165, 1.54) is 0 Å². The second-order valence-corrected chi connectivity index (χ2v) is 4.94. The lowest BCUT2D eigenvalue weighted by molar-refractivity contribution is 0.0913. The Labute approximate surface area is 101 Å². The molecule has 3 heteroatoms. The first-order valence-electron chi connectivity index (χ1n) is 5.92. The minimum atomic E-state index is -0.171. The number of rotatable bonds is 3. The molecule has 0 spiro atoms. The Morgan fingerprint density at radius 2 is 2.06 bits per heavy atom. The second kappa shape index (κ2) is 4.24. The molecule has 0 saturated heterocycles. The van der Waals surface area contributed by atoms with Crippen LogP contribution in [0.3, 0.4) is 0 Å². The van der Waals surface area contributed by atoms with Gasteiger partial charge in [0.15, 0.2) is 0 Å². The van der Waals surface area contributed by atoms with Gasteiger partial charge in [0, 0.05) is 22.6 Å². The van der Waals surface area contributed by atoms with Gasteiger partial charge in [-0.2, -0.15) is 0 Å². The number of hydrogen-bond donors (Lipinski definition) is 2. The molecule has 1 amide bonds. The molecule has 2 aromatic rings. The highest BCUT2D eigenvalue weighted by atomic mass is 16.1. The maximum absolute atomic E-state index is 12.2. The number of aromatic nitrogens is 1. The quantitative estimate of drug-likeness (QED) is 0.836. The molecular weight excluding hydrogens is 212 g/mol. The smallest absolute Gasteiger partial charge is 0.253 e. The van der Waals surface area contributed by atoms with Crippen LogP contribution in [0.2, 0.25) is 0 Å². The molecule has 0 unspecified atom stereocenters. The highest BCUT2D eigenvalue weighted by molar-refractivity contribution is 6.06. The molecule has 17 heavy (non-hydrogen) atoms. The summed E-state index contributed by atoms with van der Waals surface area (Å²) in [6.07, 6.45) is 2.67. The maximum atomic E-state index is 12.2. The van der Waals surface area contributed by atoms with Crippen LogP contribution in [-0.2, 0) is 0 Å². The Morgan fingerprint density at radius 1 is 1.35 bits per heavy atom. The van der Waals surface area contributed by atoms with E-state index in [4.69, 9.17) is 0 Å². The van der Waals surface area contributed by atoms with E-state index in [-0.39, 0.29) is 11.4 Å². The highest BCUT2D eigenvalue weighted by Crippen LogP contribution is 2.18. The Kier molecular flexibility index (Phi) is 2.92. The van der Waals surface area contributed by atoms with Crippen molar-refractivity contribution in [1.82, 2.24) is 10.3 Å². The van der Waals surface area contributed by atoms with Crippen molar-refractivity contribution in [1.29, 1.82) is 0 Å². The number of para-hydroxylation sites is 1. The van der Waals surface area contributed by atoms with Crippen molar-refractivity contribution in [3.8, 4) is 0 Å². The van der Waals surface area contributed by atoms with Crippen LogP contribution in [0.1, 0.15) is 37.6 Å². The van der Waals surface area contributed by atoms with E-state index in [0.717, 1.165) is 17.3 Å². The molecule has 0 bridgehead atoms. The Morgan fingerprint density at radius 3 is 2.76 bits per heavy atom. The number of nitrogens with one attached hydrogen (secondary N) is 2. The molecule has 0 saturated carbocycles. The van der Waals surface area contributed by atoms with Crippen molar-refractivity contribution in [2.45, 2.75) is 32.7 Å². The predicted octanol–water partition coefficient (Wildman–Crippen LogP) is 3.09. The van der Waals surface area contributed by atoms with Crippen LogP contribution in [0.5, 0.6) is 0 Å². The summed E-state index contributed by atoms with van der Waals surface area (Å²) >= 11 is 0. The number of fused-ring (bicyclic) bond motifs is 1. The van der Waals surface area contributed by atoms with E-state index in [2.05, 4.69) is 17.2 Å². The summed E-state index contributed by atoms with van der Waals surface area (Å²) < 4.78 is 0. The van der Waals surface area contributed by atoms with Gasteiger partial charge in [0.2, 0.25) is 0 Å². The maximum Gasteiger partial charge on any atom is 0.253 e. The van der Waals surface area contributed by atoms with Gasteiger partial charge in [-0.3, -0.25) is 4.79 Å². The van der Waals surface area contributed by atoms with Gasteiger partial charge in [0.1, 0.15) is 0 Å². The Hall–Kier alpha value is -1.77. The summed E-state index contributed by atoms with van der Waals surface area (Å²) in [6, 6.07) is 7.82. The molecule has 3 nitrogen and oxygen atoms in total. The number of carbonyl (C=O) groups excluding carboxylic acids is 1. The minimum Gasteiger partial charge on any atom is -0.360 e. The molecule has 1 aromatic carbocycles. The summed E-state index contributed by atoms with van der Waals surface area (Å²) in [5.74, 6) is -0.0192. The van der Waals surface area contributed by atoms with E-state index in [0.29, 0.717) is 5.56 Å². The van der Waals surface area contributed by atoms with Gasteiger partial charge >= 0.3 is 0 Å². The molecule has 0 radical (unpaired) electrons. The van der Waals surface area contributed by atoms with Crippen molar-refractivity contribution < 1.29 is 4.79 Å². The van der Waals surface area contributed by atoms with Crippen LogP contribution in [0.25, 0.3) is 10.9 Å². The van der Waals surface area contributed by atoms with Crippen LogP contribution < -0.4 is 5.32 Å². The molecule has 2 N–H and O–H groups in total. The zero-order valence-corrected chi connectivity index (χ0v) is 10.5. The minimum absolute atomic E-state index is 0.0192. The van der Waals surface area contributed by atoms with E-state index < -0.39 is 0 Å². The van der Waals surface area contributed by atoms with Gasteiger partial charge in [0.25, 0.3) is 5.91 Å². The van der Waals surface area contributed by atoms with Crippen molar-refractivity contribution in [2.24, 2.45) is 0 Å². The SMILES string of the molecule is CCC(C)(C)NC(=O)c1c[nH]c2ccccc12.